The molecule has 1 unspecified atom stereocenters. The van der Waals surface area contributed by atoms with Crippen LogP contribution < -0.4 is 10.5 Å². The van der Waals surface area contributed by atoms with Crippen molar-refractivity contribution in [2.45, 2.75) is 25.0 Å². The molecule has 2 N–H and O–H groups in total. The van der Waals surface area contributed by atoms with Gasteiger partial charge >= 0.3 is 12.5 Å². The third kappa shape index (κ3) is 4.82. The highest BCUT2D eigenvalue weighted by Crippen LogP contribution is 2.34. The Kier molecular flexibility index (Phi) is 4.10. The summed E-state index contributed by atoms with van der Waals surface area (Å²) in [5, 5.41) is 0. The van der Waals surface area contributed by atoms with Crippen molar-refractivity contribution in [3.8, 4) is 5.75 Å². The van der Waals surface area contributed by atoms with Crippen LogP contribution >= 0.6 is 0 Å². The fourth-order valence-corrected chi connectivity index (χ4v) is 1.36. The number of alkyl halides is 6. The van der Waals surface area contributed by atoms with Crippen molar-refractivity contribution < 1.29 is 31.1 Å². The van der Waals surface area contributed by atoms with Crippen LogP contribution in [0.3, 0.4) is 0 Å². The minimum Gasteiger partial charge on any atom is -0.405 e. The summed E-state index contributed by atoms with van der Waals surface area (Å²) in [6.07, 6.45) is -11.0. The van der Waals surface area contributed by atoms with Gasteiger partial charge in [0.25, 0.3) is 0 Å². The van der Waals surface area contributed by atoms with Crippen molar-refractivity contribution in [3.05, 3.63) is 29.8 Å². The number of ether oxygens (including phenoxy) is 1. The van der Waals surface area contributed by atoms with Crippen molar-refractivity contribution in [3.63, 3.8) is 0 Å². The monoisotopic (exact) mass is 273 g/mol. The highest BCUT2D eigenvalue weighted by atomic mass is 19.4. The van der Waals surface area contributed by atoms with Crippen LogP contribution in [0.4, 0.5) is 26.3 Å². The van der Waals surface area contributed by atoms with Crippen LogP contribution in [-0.4, -0.2) is 12.5 Å². The summed E-state index contributed by atoms with van der Waals surface area (Å²) in [7, 11) is 0. The minimum absolute atomic E-state index is 0.341. The summed E-state index contributed by atoms with van der Waals surface area (Å²) in [4.78, 5) is 0. The first-order chi connectivity index (χ1) is 8.08. The molecule has 1 aromatic carbocycles. The average molecular weight is 273 g/mol. The standard InChI is InChI=1S/C10H9F6NO/c11-9(12,13)5-7(17)6-3-1-2-4-8(6)18-10(14,15)16/h1-4,7H,5,17H2. The summed E-state index contributed by atoms with van der Waals surface area (Å²) in [5.41, 5.74) is 4.89. The van der Waals surface area contributed by atoms with Crippen LogP contribution in [0.1, 0.15) is 18.0 Å². The first-order valence-electron chi connectivity index (χ1n) is 4.75. The second-order valence-corrected chi connectivity index (χ2v) is 3.51. The Morgan fingerprint density at radius 2 is 1.61 bits per heavy atom. The van der Waals surface area contributed by atoms with Gasteiger partial charge in [0.05, 0.1) is 6.42 Å². The molecule has 0 saturated carbocycles. The number of halogens is 6. The Hall–Kier alpha value is -1.44. The molecule has 0 saturated heterocycles. The molecule has 0 aromatic heterocycles. The van der Waals surface area contributed by atoms with Crippen LogP contribution in [0.2, 0.25) is 0 Å². The number of benzene rings is 1. The number of hydrogen-bond acceptors (Lipinski definition) is 2. The van der Waals surface area contributed by atoms with E-state index in [1.165, 1.54) is 12.1 Å². The molecule has 1 atom stereocenters. The van der Waals surface area contributed by atoms with Crippen molar-refractivity contribution in [1.29, 1.82) is 0 Å². The lowest BCUT2D eigenvalue weighted by Crippen LogP contribution is -2.23. The maximum atomic E-state index is 12.1. The zero-order valence-electron chi connectivity index (χ0n) is 8.85. The summed E-state index contributed by atoms with van der Waals surface area (Å²) in [6.45, 7) is 0. The molecule has 0 spiro atoms. The molecule has 0 amide bonds. The predicted octanol–water partition coefficient (Wildman–Crippen LogP) is 3.54. The molecular formula is C10H9F6NO. The second kappa shape index (κ2) is 5.05. The van der Waals surface area contributed by atoms with E-state index in [-0.39, 0.29) is 5.56 Å². The minimum atomic E-state index is -4.98. The van der Waals surface area contributed by atoms with E-state index in [0.717, 1.165) is 12.1 Å². The van der Waals surface area contributed by atoms with Gasteiger partial charge in [-0.05, 0) is 6.07 Å². The molecule has 0 aliphatic rings. The molecule has 102 valence electrons. The highest BCUT2D eigenvalue weighted by molar-refractivity contribution is 5.36. The van der Waals surface area contributed by atoms with Gasteiger partial charge in [-0.3, -0.25) is 0 Å². The maximum Gasteiger partial charge on any atom is 0.573 e. The average Bonchev–Trinajstić information content (AvgIpc) is 2.12. The van der Waals surface area contributed by atoms with Crippen molar-refractivity contribution >= 4 is 0 Å². The molecule has 8 heteroatoms. The normalized spacial score (nSPS) is 14.4. The maximum absolute atomic E-state index is 12.1. The van der Waals surface area contributed by atoms with E-state index in [1.807, 2.05) is 0 Å². The lowest BCUT2D eigenvalue weighted by molar-refractivity contribution is -0.275. The van der Waals surface area contributed by atoms with E-state index in [4.69, 9.17) is 5.73 Å². The van der Waals surface area contributed by atoms with Gasteiger partial charge in [0.2, 0.25) is 0 Å². The quantitative estimate of drug-likeness (QED) is 0.855. The molecule has 0 fully saturated rings. The van der Waals surface area contributed by atoms with E-state index < -0.39 is 30.8 Å². The molecular weight excluding hydrogens is 264 g/mol. The Bertz CT molecular complexity index is 400. The Balaban J connectivity index is 2.95. The molecule has 0 heterocycles. The van der Waals surface area contributed by atoms with E-state index in [1.54, 1.807) is 0 Å². The van der Waals surface area contributed by atoms with Crippen LogP contribution in [-0.2, 0) is 0 Å². The van der Waals surface area contributed by atoms with Crippen molar-refractivity contribution in [2.75, 3.05) is 0 Å². The lowest BCUT2D eigenvalue weighted by atomic mass is 10.0. The van der Waals surface area contributed by atoms with Gasteiger partial charge in [-0.25, -0.2) is 0 Å². The zero-order chi connectivity index (χ0) is 14.0. The summed E-state index contributed by atoms with van der Waals surface area (Å²) in [6, 6.07) is 2.87. The lowest BCUT2D eigenvalue weighted by Gasteiger charge is -2.18. The first kappa shape index (κ1) is 14.6. The van der Waals surface area contributed by atoms with E-state index in [0.29, 0.717) is 0 Å². The first-order valence-corrected chi connectivity index (χ1v) is 4.75. The van der Waals surface area contributed by atoms with Gasteiger partial charge in [0.15, 0.2) is 0 Å². The van der Waals surface area contributed by atoms with Gasteiger partial charge in [-0.15, -0.1) is 13.2 Å². The predicted molar refractivity (Wildman–Crippen MR) is 50.7 cm³/mol. The number of nitrogens with two attached hydrogens (primary N) is 1. The Morgan fingerprint density at radius 1 is 1.06 bits per heavy atom. The van der Waals surface area contributed by atoms with Gasteiger partial charge in [-0.2, -0.15) is 13.2 Å². The van der Waals surface area contributed by atoms with Crippen molar-refractivity contribution in [2.24, 2.45) is 5.73 Å². The Morgan fingerprint density at radius 3 is 2.11 bits per heavy atom. The van der Waals surface area contributed by atoms with E-state index in [2.05, 4.69) is 4.74 Å². The number of hydrogen-bond donors (Lipinski definition) is 1. The molecule has 1 rings (SSSR count). The van der Waals surface area contributed by atoms with E-state index in [9.17, 15) is 26.3 Å². The third-order valence-electron chi connectivity index (χ3n) is 2.00. The molecule has 18 heavy (non-hydrogen) atoms. The van der Waals surface area contributed by atoms with Gasteiger partial charge in [0.1, 0.15) is 5.75 Å². The van der Waals surface area contributed by atoms with Crippen molar-refractivity contribution in [1.82, 2.24) is 0 Å². The fraction of sp³-hybridized carbons (Fsp3) is 0.400. The van der Waals surface area contributed by atoms with Gasteiger partial charge < -0.3 is 10.5 Å². The topological polar surface area (TPSA) is 35.2 Å². The summed E-state index contributed by atoms with van der Waals surface area (Å²) < 4.78 is 76.1. The van der Waals surface area contributed by atoms with Crippen LogP contribution in [0, 0.1) is 0 Å². The number of rotatable bonds is 3. The molecule has 0 aliphatic heterocycles. The molecule has 0 aliphatic carbocycles. The summed E-state index contributed by atoms with van der Waals surface area (Å²) >= 11 is 0. The zero-order valence-corrected chi connectivity index (χ0v) is 8.85. The SMILES string of the molecule is NC(CC(F)(F)F)c1ccccc1OC(F)(F)F. The Labute approximate surface area is 98.3 Å². The molecule has 2 nitrogen and oxygen atoms in total. The smallest absolute Gasteiger partial charge is 0.405 e. The molecule has 0 bridgehead atoms. The molecule has 1 aromatic rings. The van der Waals surface area contributed by atoms with Gasteiger partial charge in [-0.1, -0.05) is 18.2 Å². The second-order valence-electron chi connectivity index (χ2n) is 3.51. The van der Waals surface area contributed by atoms with E-state index >= 15 is 0 Å². The van der Waals surface area contributed by atoms with Crippen LogP contribution in [0.15, 0.2) is 24.3 Å². The fourth-order valence-electron chi connectivity index (χ4n) is 1.36. The summed E-state index contributed by atoms with van der Waals surface area (Å²) in [5.74, 6) is -0.721. The highest BCUT2D eigenvalue weighted by Gasteiger charge is 2.35. The van der Waals surface area contributed by atoms with Gasteiger partial charge in [0, 0.05) is 11.6 Å². The molecule has 0 radical (unpaired) electrons. The third-order valence-corrected chi connectivity index (χ3v) is 2.00. The number of para-hydroxylation sites is 1. The largest absolute Gasteiger partial charge is 0.573 e. The van der Waals surface area contributed by atoms with Crippen LogP contribution in [0.25, 0.3) is 0 Å². The van der Waals surface area contributed by atoms with Crippen LogP contribution in [0.5, 0.6) is 5.75 Å².